The lowest BCUT2D eigenvalue weighted by Gasteiger charge is -2.26. The highest BCUT2D eigenvalue weighted by Gasteiger charge is 2.67. The summed E-state index contributed by atoms with van der Waals surface area (Å²) in [6.45, 7) is -0.309. The topological polar surface area (TPSA) is 76.1 Å². The number of carbonyl (C=O) groups is 2. The molecule has 2 fully saturated rings. The zero-order chi connectivity index (χ0) is 15.5. The van der Waals surface area contributed by atoms with Crippen molar-refractivity contribution in [2.24, 2.45) is 11.8 Å². The first kappa shape index (κ1) is 13.5. The van der Waals surface area contributed by atoms with Crippen molar-refractivity contribution in [3.8, 4) is 5.75 Å². The second-order valence-corrected chi connectivity index (χ2v) is 5.77. The number of aliphatic hydroxyl groups excluding tert-OH is 1. The Morgan fingerprint density at radius 1 is 1.27 bits per heavy atom. The molecule has 0 saturated carbocycles. The van der Waals surface area contributed by atoms with Gasteiger partial charge >= 0.3 is 0 Å². The normalized spacial score (nSPS) is 35.4. The molecular formula is C16H15NO5. The number of hydrogen-bond donors (Lipinski definition) is 1. The van der Waals surface area contributed by atoms with Crippen LogP contribution in [0, 0.1) is 11.8 Å². The molecule has 22 heavy (non-hydrogen) atoms. The Hall–Kier alpha value is -2.18. The van der Waals surface area contributed by atoms with Crippen LogP contribution in [-0.4, -0.2) is 42.3 Å². The maximum Gasteiger partial charge on any atom is 0.241 e. The number of nitrogens with zero attached hydrogens (tertiary/aromatic N) is 1. The fraction of sp³-hybridized carbons (Fsp3) is 0.375. The highest BCUT2D eigenvalue weighted by Crippen LogP contribution is 2.52. The molecule has 0 unspecified atom stereocenters. The summed E-state index contributed by atoms with van der Waals surface area (Å²) in [5.74, 6) is -1.14. The molecule has 114 valence electrons. The quantitative estimate of drug-likeness (QED) is 0.650. The van der Waals surface area contributed by atoms with Gasteiger partial charge in [-0.25, -0.2) is 4.90 Å². The van der Waals surface area contributed by atoms with Crippen molar-refractivity contribution in [1.29, 1.82) is 0 Å². The van der Waals surface area contributed by atoms with Crippen molar-refractivity contribution in [1.82, 2.24) is 0 Å². The van der Waals surface area contributed by atoms with Crippen LogP contribution in [-0.2, 0) is 14.3 Å². The smallest absolute Gasteiger partial charge is 0.241 e. The summed E-state index contributed by atoms with van der Waals surface area (Å²) >= 11 is 0. The number of hydrogen-bond acceptors (Lipinski definition) is 5. The number of benzene rings is 1. The number of aliphatic hydroxyl groups is 1. The Bertz CT molecular complexity index is 682. The Labute approximate surface area is 126 Å². The number of amides is 2. The lowest BCUT2D eigenvalue weighted by molar-refractivity contribution is -0.128. The third-order valence-electron chi connectivity index (χ3n) is 4.73. The highest BCUT2D eigenvalue weighted by atomic mass is 16.5. The summed E-state index contributed by atoms with van der Waals surface area (Å²) < 4.78 is 10.8. The van der Waals surface area contributed by atoms with E-state index in [4.69, 9.17) is 9.47 Å². The third-order valence-corrected chi connectivity index (χ3v) is 4.73. The zero-order valence-corrected chi connectivity index (χ0v) is 11.9. The summed E-state index contributed by atoms with van der Waals surface area (Å²) in [6, 6.07) is 6.76. The van der Waals surface area contributed by atoms with Crippen molar-refractivity contribution in [2.45, 2.75) is 11.7 Å². The summed E-state index contributed by atoms with van der Waals surface area (Å²) in [4.78, 5) is 26.6. The number of ether oxygens (including phenoxy) is 2. The van der Waals surface area contributed by atoms with Crippen molar-refractivity contribution in [3.05, 3.63) is 36.4 Å². The lowest BCUT2D eigenvalue weighted by Crippen LogP contribution is -2.43. The summed E-state index contributed by atoms with van der Waals surface area (Å²) in [6.07, 6.45) is 3.04. The van der Waals surface area contributed by atoms with E-state index >= 15 is 0 Å². The molecule has 0 aliphatic carbocycles. The number of imide groups is 1. The van der Waals surface area contributed by atoms with Crippen LogP contribution in [0.4, 0.5) is 5.69 Å². The van der Waals surface area contributed by atoms with Gasteiger partial charge in [-0.2, -0.15) is 0 Å². The maximum absolute atomic E-state index is 12.8. The molecule has 3 aliphatic heterocycles. The van der Waals surface area contributed by atoms with E-state index in [1.165, 1.54) is 4.90 Å². The third kappa shape index (κ3) is 1.51. The zero-order valence-electron chi connectivity index (χ0n) is 11.9. The molecule has 4 rings (SSSR count). The first-order valence-electron chi connectivity index (χ1n) is 7.11. The fourth-order valence-corrected chi connectivity index (χ4v) is 3.67. The minimum Gasteiger partial charge on any atom is -0.497 e. The van der Waals surface area contributed by atoms with Crippen LogP contribution in [0.1, 0.15) is 0 Å². The fourth-order valence-electron chi connectivity index (χ4n) is 3.67. The van der Waals surface area contributed by atoms with E-state index < -0.39 is 23.5 Å². The average Bonchev–Trinajstić information content (AvgIpc) is 3.19. The van der Waals surface area contributed by atoms with E-state index in [-0.39, 0.29) is 18.4 Å². The molecular weight excluding hydrogens is 286 g/mol. The molecule has 1 N–H and O–H groups in total. The van der Waals surface area contributed by atoms with Crippen LogP contribution in [0.5, 0.6) is 5.75 Å². The van der Waals surface area contributed by atoms with E-state index in [1.807, 2.05) is 0 Å². The first-order chi connectivity index (χ1) is 10.6. The Morgan fingerprint density at radius 2 is 2.00 bits per heavy atom. The maximum atomic E-state index is 12.8. The molecule has 4 atom stereocenters. The van der Waals surface area contributed by atoms with Crippen molar-refractivity contribution in [2.75, 3.05) is 18.6 Å². The predicted molar refractivity (Wildman–Crippen MR) is 76.3 cm³/mol. The second kappa shape index (κ2) is 4.41. The van der Waals surface area contributed by atoms with E-state index in [1.54, 1.807) is 43.5 Å². The van der Waals surface area contributed by atoms with Gasteiger partial charge < -0.3 is 14.6 Å². The summed E-state index contributed by atoms with van der Waals surface area (Å²) in [5, 5.41) is 9.64. The monoisotopic (exact) mass is 301 g/mol. The van der Waals surface area contributed by atoms with Gasteiger partial charge in [0.1, 0.15) is 11.4 Å². The van der Waals surface area contributed by atoms with Gasteiger partial charge in [0, 0.05) is 0 Å². The molecule has 1 aromatic rings. The van der Waals surface area contributed by atoms with Gasteiger partial charge in [-0.1, -0.05) is 12.2 Å². The van der Waals surface area contributed by atoms with E-state index in [0.717, 1.165) is 0 Å². The first-order valence-corrected chi connectivity index (χ1v) is 7.11. The Kier molecular flexibility index (Phi) is 2.70. The SMILES string of the molecule is COc1ccc(N2C(=O)[C@@H]3[C@@H](C2=O)[C@]2(CO)C=C[C@H]3O2)cc1. The average molecular weight is 301 g/mol. The lowest BCUT2D eigenvalue weighted by atomic mass is 9.77. The van der Waals surface area contributed by atoms with E-state index in [2.05, 4.69) is 0 Å². The number of rotatable bonds is 3. The highest BCUT2D eigenvalue weighted by molar-refractivity contribution is 6.23. The Balaban J connectivity index is 1.72. The summed E-state index contributed by atoms with van der Waals surface area (Å²) in [7, 11) is 1.55. The minimum atomic E-state index is -1.05. The minimum absolute atomic E-state index is 0.273. The van der Waals surface area contributed by atoms with Gasteiger partial charge in [0.25, 0.3) is 0 Å². The van der Waals surface area contributed by atoms with Crippen LogP contribution in [0.25, 0.3) is 0 Å². The molecule has 6 heteroatoms. The molecule has 0 spiro atoms. The van der Waals surface area contributed by atoms with Gasteiger partial charge in [-0.05, 0) is 24.3 Å². The number of methoxy groups -OCH3 is 1. The molecule has 0 radical (unpaired) electrons. The molecule has 3 aliphatic rings. The number of fused-ring (bicyclic) bond motifs is 5. The van der Waals surface area contributed by atoms with E-state index in [9.17, 15) is 14.7 Å². The number of carbonyl (C=O) groups excluding carboxylic acids is 2. The van der Waals surface area contributed by atoms with Gasteiger partial charge in [0.05, 0.1) is 37.3 Å². The van der Waals surface area contributed by atoms with Crippen molar-refractivity contribution < 1.29 is 24.2 Å². The van der Waals surface area contributed by atoms with Gasteiger partial charge in [0.15, 0.2) is 0 Å². The number of anilines is 1. The largest absolute Gasteiger partial charge is 0.497 e. The van der Waals surface area contributed by atoms with Crippen LogP contribution in [0.2, 0.25) is 0 Å². The predicted octanol–water partition coefficient (Wildman–Crippen LogP) is 0.500. The van der Waals surface area contributed by atoms with Gasteiger partial charge in [-0.3, -0.25) is 9.59 Å². The molecule has 2 bridgehead atoms. The van der Waals surface area contributed by atoms with Crippen LogP contribution in [0.3, 0.4) is 0 Å². The molecule has 1 aromatic carbocycles. The van der Waals surface area contributed by atoms with Crippen molar-refractivity contribution >= 4 is 17.5 Å². The second-order valence-electron chi connectivity index (χ2n) is 5.77. The van der Waals surface area contributed by atoms with E-state index in [0.29, 0.717) is 11.4 Å². The molecule has 2 amide bonds. The van der Waals surface area contributed by atoms with Gasteiger partial charge in [0.2, 0.25) is 11.8 Å². The van der Waals surface area contributed by atoms with Crippen molar-refractivity contribution in [3.63, 3.8) is 0 Å². The Morgan fingerprint density at radius 3 is 2.64 bits per heavy atom. The molecule has 2 saturated heterocycles. The summed E-state index contributed by atoms with van der Waals surface area (Å²) in [5.41, 5.74) is -0.541. The van der Waals surface area contributed by atoms with Crippen LogP contribution < -0.4 is 9.64 Å². The molecule has 6 nitrogen and oxygen atoms in total. The molecule has 3 heterocycles. The molecule has 0 aromatic heterocycles. The standard InChI is InChI=1S/C16H15NO5/c1-21-10-4-2-9(3-5-10)17-14(19)12-11-6-7-16(8-18,22-11)13(12)15(17)20/h2-7,11-13,18H,8H2,1H3/t11-,12+,13+,16-/m1/s1. The van der Waals surface area contributed by atoms with Crippen LogP contribution in [0.15, 0.2) is 36.4 Å². The van der Waals surface area contributed by atoms with Crippen LogP contribution >= 0.6 is 0 Å². The van der Waals surface area contributed by atoms with Gasteiger partial charge in [-0.15, -0.1) is 0 Å².